The predicted octanol–water partition coefficient (Wildman–Crippen LogP) is 2.19. The monoisotopic (exact) mass is 517 g/mol. The van der Waals surface area contributed by atoms with Gasteiger partial charge in [0.1, 0.15) is 11.8 Å². The number of nitrogens with one attached hydrogen (secondary N) is 2. The van der Waals surface area contributed by atoms with Gasteiger partial charge in [-0.25, -0.2) is 8.42 Å². The minimum atomic E-state index is -4.92. The van der Waals surface area contributed by atoms with Gasteiger partial charge in [0.05, 0.1) is 17.1 Å². The highest BCUT2D eigenvalue weighted by molar-refractivity contribution is 7.89. The fourth-order valence-electron chi connectivity index (χ4n) is 3.83. The molecular formula is C21H26F3N5O5S. The first-order valence-electron chi connectivity index (χ1n) is 10.8. The Kier molecular flexibility index (Phi) is 8.05. The van der Waals surface area contributed by atoms with E-state index in [-0.39, 0.29) is 30.4 Å². The van der Waals surface area contributed by atoms with E-state index in [4.69, 9.17) is 0 Å². The number of halogens is 3. The van der Waals surface area contributed by atoms with Crippen molar-refractivity contribution in [3.8, 4) is 5.75 Å². The van der Waals surface area contributed by atoms with Gasteiger partial charge in [0.2, 0.25) is 21.8 Å². The van der Waals surface area contributed by atoms with Gasteiger partial charge in [-0.3, -0.25) is 14.7 Å². The second-order valence-corrected chi connectivity index (χ2v) is 9.89. The molecule has 2 N–H and O–H groups in total. The topological polar surface area (TPSA) is 125 Å². The van der Waals surface area contributed by atoms with Crippen molar-refractivity contribution >= 4 is 21.8 Å². The van der Waals surface area contributed by atoms with Crippen molar-refractivity contribution in [1.82, 2.24) is 24.7 Å². The van der Waals surface area contributed by atoms with Crippen LogP contribution in [0.4, 0.5) is 13.2 Å². The fourth-order valence-corrected chi connectivity index (χ4v) is 5.40. The van der Waals surface area contributed by atoms with Gasteiger partial charge in [-0.05, 0) is 30.7 Å². The van der Waals surface area contributed by atoms with Crippen molar-refractivity contribution < 1.29 is 35.9 Å². The van der Waals surface area contributed by atoms with Crippen molar-refractivity contribution in [2.45, 2.75) is 50.0 Å². The van der Waals surface area contributed by atoms with E-state index < -0.39 is 40.1 Å². The highest BCUT2D eigenvalue weighted by Gasteiger charge is 2.41. The van der Waals surface area contributed by atoms with Crippen molar-refractivity contribution in [2.24, 2.45) is 0 Å². The highest BCUT2D eigenvalue weighted by atomic mass is 32.2. The number of piperazine rings is 1. The van der Waals surface area contributed by atoms with Crippen LogP contribution in [0.25, 0.3) is 0 Å². The molecule has 1 saturated heterocycles. The molecule has 0 spiro atoms. The average Bonchev–Trinajstić information content (AvgIpc) is 3.32. The lowest BCUT2D eigenvalue weighted by atomic mass is 10.1. The van der Waals surface area contributed by atoms with E-state index in [1.165, 1.54) is 11.8 Å². The number of hydrogen-bond acceptors (Lipinski definition) is 6. The van der Waals surface area contributed by atoms with Gasteiger partial charge in [0, 0.05) is 38.3 Å². The largest absolute Gasteiger partial charge is 0.573 e. The van der Waals surface area contributed by atoms with Crippen molar-refractivity contribution in [3.05, 3.63) is 42.2 Å². The molecule has 14 heteroatoms. The number of aromatic amines is 1. The van der Waals surface area contributed by atoms with Gasteiger partial charge in [0.15, 0.2) is 0 Å². The molecule has 3 rings (SSSR count). The van der Waals surface area contributed by atoms with Gasteiger partial charge in [-0.2, -0.15) is 9.40 Å². The molecule has 2 atom stereocenters. The second kappa shape index (κ2) is 10.6. The van der Waals surface area contributed by atoms with Crippen molar-refractivity contribution in [2.75, 3.05) is 19.6 Å². The number of H-pyrrole nitrogens is 1. The van der Waals surface area contributed by atoms with E-state index >= 15 is 0 Å². The van der Waals surface area contributed by atoms with Crippen LogP contribution in [0.3, 0.4) is 0 Å². The Labute approximate surface area is 200 Å². The predicted molar refractivity (Wildman–Crippen MR) is 117 cm³/mol. The van der Waals surface area contributed by atoms with Crippen LogP contribution in [0.1, 0.15) is 38.3 Å². The molecule has 2 aromatic rings. The Morgan fingerprint density at radius 2 is 1.94 bits per heavy atom. The zero-order chi connectivity index (χ0) is 25.8. The molecule has 10 nitrogen and oxygen atoms in total. The van der Waals surface area contributed by atoms with Gasteiger partial charge in [-0.1, -0.05) is 13.3 Å². The third-order valence-corrected chi connectivity index (χ3v) is 7.48. The number of sulfonamides is 1. The highest BCUT2D eigenvalue weighted by Crippen LogP contribution is 2.27. The summed E-state index contributed by atoms with van der Waals surface area (Å²) in [6.07, 6.45) is -0.433. The maximum absolute atomic E-state index is 13.4. The summed E-state index contributed by atoms with van der Waals surface area (Å²) in [6.45, 7) is 2.99. The van der Waals surface area contributed by atoms with Crippen LogP contribution in [0.2, 0.25) is 0 Å². The van der Waals surface area contributed by atoms with Crippen LogP contribution >= 0.6 is 0 Å². The lowest BCUT2D eigenvalue weighted by Gasteiger charge is -2.39. The van der Waals surface area contributed by atoms with Crippen molar-refractivity contribution in [1.29, 1.82) is 0 Å². The third-order valence-electron chi connectivity index (χ3n) is 5.56. The molecule has 2 amide bonds. The Balaban J connectivity index is 1.88. The standard InChI is InChI=1S/C21H26F3N5O5S/c1-3-4-18(15-11-25-26-12-15)27-20(31)19-13-28(14(2)30)9-10-29(19)35(32,33)17-7-5-16(6-8-17)34-21(22,23)24/h5-8,11-12,18-19H,3-4,9-10,13H2,1-2H3,(H,25,26)(H,27,31)/t18?,19-/m1/s1. The number of aromatic nitrogens is 2. The Morgan fingerprint density at radius 3 is 2.49 bits per heavy atom. The summed E-state index contributed by atoms with van der Waals surface area (Å²) in [5.41, 5.74) is 0.717. The molecule has 0 aliphatic carbocycles. The number of benzene rings is 1. The molecule has 1 aromatic heterocycles. The lowest BCUT2D eigenvalue weighted by molar-refractivity contribution is -0.274. The molecule has 35 heavy (non-hydrogen) atoms. The third kappa shape index (κ3) is 6.51. The molecule has 0 bridgehead atoms. The van der Waals surface area contributed by atoms with Gasteiger partial charge < -0.3 is 15.0 Å². The zero-order valence-electron chi connectivity index (χ0n) is 19.1. The number of carbonyl (C=O) groups is 2. The summed E-state index contributed by atoms with van der Waals surface area (Å²) in [4.78, 5) is 26.4. The minimum Gasteiger partial charge on any atom is -0.406 e. The number of carbonyl (C=O) groups excluding carboxylic acids is 2. The maximum Gasteiger partial charge on any atom is 0.573 e. The van der Waals surface area contributed by atoms with Crippen molar-refractivity contribution in [3.63, 3.8) is 0 Å². The molecule has 192 valence electrons. The number of rotatable bonds is 8. The first kappa shape index (κ1) is 26.5. The van der Waals surface area contributed by atoms with Crippen LogP contribution in [-0.2, 0) is 19.6 Å². The molecular weight excluding hydrogens is 491 g/mol. The maximum atomic E-state index is 13.4. The van der Waals surface area contributed by atoms with E-state index in [2.05, 4.69) is 20.3 Å². The summed E-state index contributed by atoms with van der Waals surface area (Å²) in [6, 6.07) is 2.06. The van der Waals surface area contributed by atoms with Gasteiger partial charge in [0.25, 0.3) is 0 Å². The quantitative estimate of drug-likeness (QED) is 0.553. The SMILES string of the molecule is CCCC(NC(=O)[C@H]1CN(C(C)=O)CCN1S(=O)(=O)c1ccc(OC(F)(F)F)cc1)c1cn[nH]c1. The number of alkyl halides is 3. The van der Waals surface area contributed by atoms with Crippen LogP contribution in [0, 0.1) is 0 Å². The Hall–Kier alpha value is -3.13. The number of nitrogens with zero attached hydrogens (tertiary/aromatic N) is 3. The first-order valence-corrected chi connectivity index (χ1v) is 12.3. The van der Waals surface area contributed by atoms with E-state index in [1.807, 2.05) is 6.92 Å². The molecule has 0 radical (unpaired) electrons. The molecule has 1 unspecified atom stereocenters. The smallest absolute Gasteiger partial charge is 0.406 e. The van der Waals surface area contributed by atoms with Gasteiger partial charge in [-0.15, -0.1) is 13.2 Å². The number of ether oxygens (including phenoxy) is 1. The first-order chi connectivity index (χ1) is 16.4. The van der Waals surface area contributed by atoms with E-state index in [0.29, 0.717) is 12.0 Å². The summed E-state index contributed by atoms with van der Waals surface area (Å²) in [5.74, 6) is -1.49. The molecule has 2 heterocycles. The Bertz CT molecular complexity index is 1120. The Morgan fingerprint density at radius 1 is 1.26 bits per heavy atom. The van der Waals surface area contributed by atoms with E-state index in [1.54, 1.807) is 12.4 Å². The van der Waals surface area contributed by atoms with E-state index in [0.717, 1.165) is 35.0 Å². The second-order valence-electron chi connectivity index (χ2n) is 8.00. The number of amides is 2. The summed E-state index contributed by atoms with van der Waals surface area (Å²) >= 11 is 0. The molecule has 1 aliphatic heterocycles. The normalized spacial score (nSPS) is 18.2. The number of hydrogen-bond donors (Lipinski definition) is 2. The average molecular weight is 518 g/mol. The van der Waals surface area contributed by atoms with Crippen LogP contribution < -0.4 is 10.1 Å². The zero-order valence-corrected chi connectivity index (χ0v) is 19.9. The van der Waals surface area contributed by atoms with Crippen LogP contribution in [0.5, 0.6) is 5.75 Å². The lowest BCUT2D eigenvalue weighted by Crippen LogP contribution is -2.61. The van der Waals surface area contributed by atoms with Gasteiger partial charge >= 0.3 is 6.36 Å². The molecule has 1 aliphatic rings. The summed E-state index contributed by atoms with van der Waals surface area (Å²) in [5, 5.41) is 9.41. The van der Waals surface area contributed by atoms with Crippen LogP contribution in [0.15, 0.2) is 41.6 Å². The summed E-state index contributed by atoms with van der Waals surface area (Å²) in [7, 11) is -4.29. The molecule has 1 fully saturated rings. The molecule has 0 saturated carbocycles. The molecule has 1 aromatic carbocycles. The summed E-state index contributed by atoms with van der Waals surface area (Å²) < 4.78 is 68.8. The van der Waals surface area contributed by atoms with Crippen LogP contribution in [-0.4, -0.2) is 71.7 Å². The fraction of sp³-hybridized carbons (Fsp3) is 0.476. The van der Waals surface area contributed by atoms with E-state index in [9.17, 15) is 31.2 Å². The minimum absolute atomic E-state index is 0.0632.